The Morgan fingerprint density at radius 1 is 1.29 bits per heavy atom. The molecule has 2 heterocycles. The average molecular weight is 384 g/mol. The van der Waals surface area contributed by atoms with Crippen molar-refractivity contribution in [3.63, 3.8) is 0 Å². The van der Waals surface area contributed by atoms with Crippen LogP contribution in [0.25, 0.3) is 0 Å². The van der Waals surface area contributed by atoms with E-state index in [1.165, 1.54) is 0 Å². The molecule has 0 fully saturated rings. The van der Waals surface area contributed by atoms with Crippen molar-refractivity contribution in [2.45, 2.75) is 25.5 Å². The molecule has 0 aliphatic carbocycles. The summed E-state index contributed by atoms with van der Waals surface area (Å²) in [5, 5.41) is 10.1. The number of methoxy groups -OCH3 is 1. The number of ketones is 1. The average Bonchev–Trinajstić information content (AvgIpc) is 3.16. The third kappa shape index (κ3) is 3.02. The summed E-state index contributed by atoms with van der Waals surface area (Å²) in [6.45, 7) is 0.921. The van der Waals surface area contributed by atoms with Crippen molar-refractivity contribution >= 4 is 5.78 Å². The van der Waals surface area contributed by atoms with E-state index >= 15 is 0 Å². The van der Waals surface area contributed by atoms with Crippen LogP contribution in [0.1, 0.15) is 39.5 Å². The summed E-state index contributed by atoms with van der Waals surface area (Å²) in [6.07, 6.45) is 1.19. The Balaban J connectivity index is 1.78. The summed E-state index contributed by atoms with van der Waals surface area (Å²) in [7, 11) is 5.84. The van der Waals surface area contributed by atoms with Crippen LogP contribution in [0.2, 0.25) is 0 Å². The predicted octanol–water partition coefficient (Wildman–Crippen LogP) is 2.86. The summed E-state index contributed by atoms with van der Waals surface area (Å²) in [5.41, 5.74) is 3.48. The van der Waals surface area contributed by atoms with Crippen molar-refractivity contribution in [1.29, 1.82) is 0 Å². The topological polar surface area (TPSA) is 65.0 Å². The molecule has 1 unspecified atom stereocenters. The van der Waals surface area contributed by atoms with Gasteiger partial charge in [-0.05, 0) is 23.8 Å². The number of fused-ring (bicyclic) bond motifs is 2. The number of quaternary nitrogens is 1. The first kappa shape index (κ1) is 18.8. The van der Waals surface area contributed by atoms with Gasteiger partial charge in [0.25, 0.3) is 0 Å². The number of benzene rings is 2. The van der Waals surface area contributed by atoms with Crippen molar-refractivity contribution in [3.8, 4) is 17.2 Å². The smallest absolute Gasteiger partial charge is 0.231 e. The second-order valence-electron chi connectivity index (χ2n) is 7.92. The van der Waals surface area contributed by atoms with E-state index in [0.29, 0.717) is 33.7 Å². The lowest BCUT2D eigenvalue weighted by molar-refractivity contribution is -0.922. The van der Waals surface area contributed by atoms with Gasteiger partial charge in [-0.2, -0.15) is 0 Å². The highest BCUT2D eigenvalue weighted by Gasteiger charge is 2.41. The zero-order chi connectivity index (χ0) is 19.9. The first-order valence-electron chi connectivity index (χ1n) is 9.50. The molecule has 28 heavy (non-hydrogen) atoms. The molecule has 1 N–H and O–H groups in total. The number of hydrogen-bond acceptors (Lipinski definition) is 5. The summed E-state index contributed by atoms with van der Waals surface area (Å²) in [4.78, 5) is 13.2. The molecule has 2 aliphatic rings. The highest BCUT2D eigenvalue weighted by molar-refractivity contribution is 5.99. The van der Waals surface area contributed by atoms with Crippen molar-refractivity contribution in [2.75, 3.05) is 34.5 Å². The third-order valence-corrected chi connectivity index (χ3v) is 5.97. The van der Waals surface area contributed by atoms with E-state index in [1.807, 2.05) is 18.2 Å². The quantitative estimate of drug-likeness (QED) is 0.634. The first-order chi connectivity index (χ1) is 13.5. The Hall–Kier alpha value is -2.57. The van der Waals surface area contributed by atoms with E-state index in [1.54, 1.807) is 19.2 Å². The maximum Gasteiger partial charge on any atom is 0.231 e. The van der Waals surface area contributed by atoms with Gasteiger partial charge < -0.3 is 23.8 Å². The van der Waals surface area contributed by atoms with Crippen LogP contribution < -0.4 is 14.2 Å². The number of aliphatic hydroxyl groups excluding tert-OH is 1. The molecular formula is C22H26NO5+. The fraction of sp³-hybridized carbons (Fsp3) is 0.409. The maximum absolute atomic E-state index is 13.2. The third-order valence-electron chi connectivity index (χ3n) is 5.97. The van der Waals surface area contributed by atoms with Crippen LogP contribution in [0.5, 0.6) is 17.2 Å². The van der Waals surface area contributed by atoms with Crippen molar-refractivity contribution in [1.82, 2.24) is 0 Å². The number of nitrogens with zero attached hydrogens (tertiary/aromatic N) is 1. The van der Waals surface area contributed by atoms with Crippen molar-refractivity contribution in [2.24, 2.45) is 0 Å². The number of rotatable bonds is 5. The molecule has 4 rings (SSSR count). The lowest BCUT2D eigenvalue weighted by Gasteiger charge is -2.43. The molecule has 2 aliphatic heterocycles. The molecule has 0 bridgehead atoms. The van der Waals surface area contributed by atoms with Crippen LogP contribution in [0.15, 0.2) is 30.3 Å². The first-order valence-corrected chi connectivity index (χ1v) is 9.50. The van der Waals surface area contributed by atoms with Crippen LogP contribution in [0.4, 0.5) is 0 Å². The number of aliphatic hydroxyl groups is 1. The van der Waals surface area contributed by atoms with Gasteiger partial charge in [-0.3, -0.25) is 4.79 Å². The molecular weight excluding hydrogens is 358 g/mol. The maximum atomic E-state index is 13.2. The largest absolute Gasteiger partial charge is 0.496 e. The number of carbonyl (C=O) groups is 1. The van der Waals surface area contributed by atoms with Gasteiger partial charge in [0.15, 0.2) is 17.3 Å². The van der Waals surface area contributed by atoms with Gasteiger partial charge in [0.1, 0.15) is 11.8 Å². The normalized spacial score (nSPS) is 19.2. The SMILES string of the molecule is COc1ccccc1C(=O)CC1c2c(cc3c(c2CO)OCO3)CC[N+]1(C)C. The van der Waals surface area contributed by atoms with Gasteiger partial charge in [-0.1, -0.05) is 12.1 Å². The minimum Gasteiger partial charge on any atom is -0.496 e. The number of carbonyl (C=O) groups excluding carboxylic acids is 1. The fourth-order valence-electron chi connectivity index (χ4n) is 4.39. The molecule has 2 aromatic carbocycles. The molecule has 0 spiro atoms. The number of ether oxygens (including phenoxy) is 3. The number of Topliss-reactive ketones (excluding diaryl/α,β-unsaturated/α-hetero) is 1. The Morgan fingerprint density at radius 2 is 2.07 bits per heavy atom. The number of para-hydroxylation sites is 1. The second-order valence-corrected chi connectivity index (χ2v) is 7.92. The van der Waals surface area contributed by atoms with Gasteiger partial charge in [-0.15, -0.1) is 0 Å². The lowest BCUT2D eigenvalue weighted by atomic mass is 9.83. The van der Waals surface area contributed by atoms with Crippen LogP contribution in [0.3, 0.4) is 0 Å². The van der Waals surface area contributed by atoms with E-state index in [9.17, 15) is 9.90 Å². The van der Waals surface area contributed by atoms with Crippen molar-refractivity contribution in [3.05, 3.63) is 52.6 Å². The highest BCUT2D eigenvalue weighted by Crippen LogP contribution is 2.47. The zero-order valence-corrected chi connectivity index (χ0v) is 16.5. The Morgan fingerprint density at radius 3 is 2.82 bits per heavy atom. The van der Waals surface area contributed by atoms with E-state index in [0.717, 1.165) is 29.7 Å². The van der Waals surface area contributed by atoms with E-state index in [4.69, 9.17) is 14.2 Å². The van der Waals surface area contributed by atoms with Crippen LogP contribution in [-0.2, 0) is 13.0 Å². The molecule has 1 atom stereocenters. The molecule has 0 amide bonds. The minimum atomic E-state index is -0.145. The van der Waals surface area contributed by atoms with Gasteiger partial charge in [-0.25, -0.2) is 0 Å². The standard InChI is InChI=1S/C22H26NO5/c1-23(2)9-8-14-10-20-22(28-13-27-20)16(12-24)21(14)17(23)11-18(25)15-6-4-5-7-19(15)26-3/h4-7,10,17,24H,8-9,11-13H2,1-3H3/q+1. The molecule has 6 heteroatoms. The van der Waals surface area contributed by atoms with Crippen molar-refractivity contribution < 1.29 is 28.6 Å². The van der Waals surface area contributed by atoms with Gasteiger partial charge in [0.2, 0.25) is 6.79 Å². The van der Waals surface area contributed by atoms with Crippen LogP contribution in [-0.4, -0.2) is 49.9 Å². The van der Waals surface area contributed by atoms with Gasteiger partial charge >= 0.3 is 0 Å². The molecule has 148 valence electrons. The highest BCUT2D eigenvalue weighted by atomic mass is 16.7. The Bertz CT molecular complexity index is 921. The van der Waals surface area contributed by atoms with E-state index < -0.39 is 0 Å². The molecule has 0 aromatic heterocycles. The predicted molar refractivity (Wildman–Crippen MR) is 104 cm³/mol. The summed E-state index contributed by atoms with van der Waals surface area (Å²) in [6, 6.07) is 9.24. The molecule has 0 radical (unpaired) electrons. The number of likely N-dealkylation sites (N-methyl/N-ethyl adjacent to an activating group) is 1. The molecule has 0 saturated heterocycles. The fourth-order valence-corrected chi connectivity index (χ4v) is 4.39. The zero-order valence-electron chi connectivity index (χ0n) is 16.5. The minimum absolute atomic E-state index is 0.0306. The van der Waals surface area contributed by atoms with Crippen LogP contribution in [0, 0.1) is 0 Å². The summed E-state index contributed by atoms with van der Waals surface area (Å²) < 4.78 is 17.2. The summed E-state index contributed by atoms with van der Waals surface area (Å²) in [5.74, 6) is 1.91. The Labute approximate surface area is 164 Å². The van der Waals surface area contributed by atoms with Gasteiger partial charge in [0, 0.05) is 17.5 Å². The summed E-state index contributed by atoms with van der Waals surface area (Å²) >= 11 is 0. The molecule has 2 aromatic rings. The molecule has 6 nitrogen and oxygen atoms in total. The monoisotopic (exact) mass is 384 g/mol. The number of hydrogen-bond donors (Lipinski definition) is 1. The lowest BCUT2D eigenvalue weighted by Crippen LogP contribution is -2.49. The second kappa shape index (κ2) is 7.11. The molecule has 0 saturated carbocycles. The van der Waals surface area contributed by atoms with E-state index in [-0.39, 0.29) is 25.2 Å². The van der Waals surface area contributed by atoms with Crippen LogP contribution >= 0.6 is 0 Å². The Kier molecular flexibility index (Phi) is 4.77. The van der Waals surface area contributed by atoms with Gasteiger partial charge in [0.05, 0.1) is 46.3 Å². The van der Waals surface area contributed by atoms with E-state index in [2.05, 4.69) is 14.1 Å².